The molecule has 0 fully saturated rings. The van der Waals surface area contributed by atoms with Gasteiger partial charge in [0, 0.05) is 6.54 Å². The monoisotopic (exact) mass is 265 g/mol. The van der Waals surface area contributed by atoms with Crippen molar-refractivity contribution in [1.29, 1.82) is 5.26 Å². The Hall–Kier alpha value is -1.75. The number of nitrogens with zero attached hydrogens (tertiary/aromatic N) is 2. The van der Waals surface area contributed by atoms with Crippen molar-refractivity contribution in [2.45, 2.75) is 25.6 Å². The Morgan fingerprint density at radius 2 is 2.00 bits per heavy atom. The third-order valence-electron chi connectivity index (χ3n) is 2.22. The second-order valence-electron chi connectivity index (χ2n) is 3.37. The van der Waals surface area contributed by atoms with Crippen molar-refractivity contribution in [2.75, 3.05) is 0 Å². The second-order valence-corrected chi connectivity index (χ2v) is 3.37. The van der Waals surface area contributed by atoms with E-state index in [0.29, 0.717) is 6.07 Å². The predicted molar refractivity (Wildman–Crippen MR) is 51.4 cm³/mol. The van der Waals surface area contributed by atoms with Gasteiger partial charge in [-0.05, 0) is 17.2 Å². The van der Waals surface area contributed by atoms with E-state index < -0.39 is 37.0 Å². The first kappa shape index (κ1) is 14.3. The molecule has 0 radical (unpaired) electrons. The average molecular weight is 265 g/mol. The van der Waals surface area contributed by atoms with Crippen LogP contribution in [0.1, 0.15) is 28.9 Å². The maximum atomic E-state index is 12.6. The van der Waals surface area contributed by atoms with Crippen molar-refractivity contribution in [1.82, 2.24) is 4.98 Å². The van der Waals surface area contributed by atoms with Crippen LogP contribution >= 0.6 is 0 Å². The summed E-state index contributed by atoms with van der Waals surface area (Å²) < 4.78 is 62.7. The number of nitrogens with two attached hydrogens (primary N) is 1. The zero-order valence-corrected chi connectivity index (χ0v) is 8.93. The smallest absolute Gasteiger partial charge is 0.326 e. The fourth-order valence-corrected chi connectivity index (χ4v) is 1.45. The largest absolute Gasteiger partial charge is 0.433 e. The van der Waals surface area contributed by atoms with Gasteiger partial charge in [-0.2, -0.15) is 18.4 Å². The summed E-state index contributed by atoms with van der Waals surface area (Å²) in [6.07, 6.45) is -8.46. The van der Waals surface area contributed by atoms with Crippen LogP contribution in [-0.4, -0.2) is 4.98 Å². The highest BCUT2D eigenvalue weighted by Gasteiger charge is 2.35. The molecule has 0 aliphatic carbocycles. The lowest BCUT2D eigenvalue weighted by molar-refractivity contribution is -0.141. The molecule has 0 atom stereocenters. The number of pyridine rings is 1. The van der Waals surface area contributed by atoms with E-state index in [0.717, 1.165) is 0 Å². The lowest BCUT2D eigenvalue weighted by Gasteiger charge is -2.14. The van der Waals surface area contributed by atoms with Crippen LogP contribution in [0.3, 0.4) is 0 Å². The summed E-state index contributed by atoms with van der Waals surface area (Å²) in [5.74, 6) is 0. The standard InChI is InChI=1S/C10H8F5N3/c11-9(12)8-6(4-17)5(1-2-16)3-7(18-8)10(13,14)15/h3,9H,1,4,17H2. The molecule has 3 nitrogen and oxygen atoms in total. The van der Waals surface area contributed by atoms with Gasteiger partial charge in [0.25, 0.3) is 6.43 Å². The van der Waals surface area contributed by atoms with Crippen molar-refractivity contribution in [3.63, 3.8) is 0 Å². The highest BCUT2D eigenvalue weighted by Crippen LogP contribution is 2.32. The third kappa shape index (κ3) is 2.92. The van der Waals surface area contributed by atoms with Gasteiger partial charge in [0.1, 0.15) is 11.4 Å². The van der Waals surface area contributed by atoms with Crippen LogP contribution < -0.4 is 5.73 Å². The van der Waals surface area contributed by atoms with E-state index in [-0.39, 0.29) is 11.1 Å². The van der Waals surface area contributed by atoms with Crippen LogP contribution in [0.5, 0.6) is 0 Å². The molecule has 0 aromatic carbocycles. The van der Waals surface area contributed by atoms with Gasteiger partial charge in [-0.1, -0.05) is 0 Å². The van der Waals surface area contributed by atoms with E-state index in [1.54, 1.807) is 6.07 Å². The minimum absolute atomic E-state index is 0.169. The van der Waals surface area contributed by atoms with Gasteiger partial charge in [-0.25, -0.2) is 13.8 Å². The van der Waals surface area contributed by atoms with Gasteiger partial charge in [0.2, 0.25) is 0 Å². The molecule has 0 bridgehead atoms. The second kappa shape index (κ2) is 5.27. The summed E-state index contributed by atoms with van der Waals surface area (Å²) in [5, 5.41) is 8.48. The van der Waals surface area contributed by atoms with Crippen LogP contribution in [-0.2, 0) is 19.1 Å². The fourth-order valence-electron chi connectivity index (χ4n) is 1.45. The Bertz CT molecular complexity index is 476. The van der Waals surface area contributed by atoms with Crippen molar-refractivity contribution in [3.8, 4) is 6.07 Å². The van der Waals surface area contributed by atoms with E-state index in [2.05, 4.69) is 4.98 Å². The van der Waals surface area contributed by atoms with Crippen molar-refractivity contribution < 1.29 is 22.0 Å². The normalized spacial score (nSPS) is 11.7. The summed E-state index contributed by atoms with van der Waals surface area (Å²) >= 11 is 0. The van der Waals surface area contributed by atoms with E-state index in [1.165, 1.54) is 0 Å². The number of hydrogen-bond acceptors (Lipinski definition) is 3. The molecule has 0 aliphatic rings. The number of aromatic nitrogens is 1. The number of halogens is 5. The Morgan fingerprint density at radius 1 is 1.39 bits per heavy atom. The van der Waals surface area contributed by atoms with Gasteiger partial charge in [-0.3, -0.25) is 0 Å². The molecule has 1 heterocycles. The predicted octanol–water partition coefficient (Wildman–Crippen LogP) is 2.56. The first-order valence-electron chi connectivity index (χ1n) is 4.76. The number of rotatable bonds is 3. The summed E-state index contributed by atoms with van der Waals surface area (Å²) in [6.45, 7) is -0.401. The molecule has 98 valence electrons. The minimum atomic E-state index is -4.85. The maximum absolute atomic E-state index is 12.6. The SMILES string of the molecule is N#CCc1cc(C(F)(F)F)nc(C(F)F)c1CN. The Balaban J connectivity index is 3.49. The molecule has 0 saturated carbocycles. The van der Waals surface area contributed by atoms with Crippen LogP contribution in [0.15, 0.2) is 6.07 Å². The number of nitriles is 1. The zero-order valence-electron chi connectivity index (χ0n) is 8.93. The quantitative estimate of drug-likeness (QED) is 0.854. The summed E-state index contributed by atoms with van der Waals surface area (Å²) in [4.78, 5) is 2.89. The highest BCUT2D eigenvalue weighted by atomic mass is 19.4. The molecule has 18 heavy (non-hydrogen) atoms. The molecule has 8 heteroatoms. The van der Waals surface area contributed by atoms with Gasteiger partial charge < -0.3 is 5.73 Å². The summed E-state index contributed by atoms with van der Waals surface area (Å²) in [7, 11) is 0. The van der Waals surface area contributed by atoms with Crippen LogP contribution in [0.25, 0.3) is 0 Å². The molecule has 0 spiro atoms. The van der Waals surface area contributed by atoms with Crippen molar-refractivity contribution >= 4 is 0 Å². The fraction of sp³-hybridized carbons (Fsp3) is 0.400. The van der Waals surface area contributed by atoms with Gasteiger partial charge in [0.05, 0.1) is 12.5 Å². The highest BCUT2D eigenvalue weighted by molar-refractivity contribution is 5.36. The Kier molecular flexibility index (Phi) is 4.19. The Labute approximate surface area is 99.0 Å². The van der Waals surface area contributed by atoms with Crippen LogP contribution in [0, 0.1) is 11.3 Å². The number of alkyl halides is 5. The zero-order chi connectivity index (χ0) is 13.9. The lowest BCUT2D eigenvalue weighted by atomic mass is 10.0. The molecular formula is C10H8F5N3. The molecule has 0 amide bonds. The molecular weight excluding hydrogens is 257 g/mol. The summed E-state index contributed by atoms with van der Waals surface area (Å²) in [6, 6.07) is 2.19. The van der Waals surface area contributed by atoms with E-state index in [4.69, 9.17) is 11.0 Å². The maximum Gasteiger partial charge on any atom is 0.433 e. The van der Waals surface area contributed by atoms with E-state index in [9.17, 15) is 22.0 Å². The topological polar surface area (TPSA) is 62.7 Å². The van der Waals surface area contributed by atoms with Gasteiger partial charge in [-0.15, -0.1) is 0 Å². The summed E-state index contributed by atoms with van der Waals surface area (Å²) in [5.41, 5.74) is 2.38. The molecule has 0 unspecified atom stereocenters. The van der Waals surface area contributed by atoms with Crippen molar-refractivity contribution in [3.05, 3.63) is 28.6 Å². The van der Waals surface area contributed by atoms with Gasteiger partial charge >= 0.3 is 6.18 Å². The first-order valence-corrected chi connectivity index (χ1v) is 4.76. The third-order valence-corrected chi connectivity index (χ3v) is 2.22. The molecule has 0 saturated heterocycles. The molecule has 1 aromatic rings. The molecule has 1 rings (SSSR count). The van der Waals surface area contributed by atoms with E-state index in [1.807, 2.05) is 0 Å². The Morgan fingerprint density at radius 3 is 2.39 bits per heavy atom. The van der Waals surface area contributed by atoms with Crippen LogP contribution in [0.2, 0.25) is 0 Å². The molecule has 2 N–H and O–H groups in total. The average Bonchev–Trinajstić information content (AvgIpc) is 2.27. The minimum Gasteiger partial charge on any atom is -0.326 e. The van der Waals surface area contributed by atoms with Gasteiger partial charge in [0.15, 0.2) is 0 Å². The molecule has 0 aliphatic heterocycles. The first-order chi connectivity index (χ1) is 8.31. The van der Waals surface area contributed by atoms with Crippen LogP contribution in [0.4, 0.5) is 22.0 Å². The van der Waals surface area contributed by atoms with E-state index >= 15 is 0 Å². The molecule has 1 aromatic heterocycles. The number of hydrogen-bond donors (Lipinski definition) is 1. The van der Waals surface area contributed by atoms with Crippen molar-refractivity contribution in [2.24, 2.45) is 5.73 Å². The lowest BCUT2D eigenvalue weighted by Crippen LogP contribution is -2.15.